The third-order valence-electron chi connectivity index (χ3n) is 5.15. The molecule has 2 bridgehead atoms. The zero-order chi connectivity index (χ0) is 15.5. The molecule has 1 fully saturated rings. The summed E-state index contributed by atoms with van der Waals surface area (Å²) < 4.78 is 10.8. The number of hydrogen-bond acceptors (Lipinski definition) is 5. The average molecular weight is 296 g/mol. The van der Waals surface area contributed by atoms with Gasteiger partial charge in [-0.15, -0.1) is 0 Å². The summed E-state index contributed by atoms with van der Waals surface area (Å²) in [5.41, 5.74) is 6.09. The minimum atomic E-state index is -0.432. The molecule has 0 saturated heterocycles. The van der Waals surface area contributed by atoms with Crippen LogP contribution in [0.15, 0.2) is 38.9 Å². The third-order valence-corrected chi connectivity index (χ3v) is 5.15. The maximum atomic E-state index is 12.4. The molecule has 5 nitrogen and oxygen atoms in total. The van der Waals surface area contributed by atoms with Crippen LogP contribution in [0.25, 0.3) is 0 Å². The van der Waals surface area contributed by atoms with Crippen molar-refractivity contribution in [2.75, 3.05) is 0 Å². The SMILES string of the molecule is Cc1cc2c(c(=O)o1)[C@@H]([C@@]13C=C[C@@H](CC1)C3)C(C#N)=C(N)O2. The standard InChI is InChI=1S/C17H16N2O3/c1-9-6-12-13(16(20)21-9)14(11(8-18)15(19)22-12)17-4-2-10(7-17)3-5-17/h2,4,6,10,14H,3,5,7,19H2,1H3/t10-,14-,17-/m0/s1. The molecule has 4 rings (SSSR count). The van der Waals surface area contributed by atoms with Gasteiger partial charge < -0.3 is 14.9 Å². The normalized spacial score (nSPS) is 31.8. The van der Waals surface area contributed by atoms with Crippen molar-refractivity contribution < 1.29 is 9.15 Å². The number of allylic oxidation sites excluding steroid dienone is 3. The summed E-state index contributed by atoms with van der Waals surface area (Å²) in [7, 11) is 0. The van der Waals surface area contributed by atoms with Crippen LogP contribution in [0.3, 0.4) is 0 Å². The molecule has 2 N–H and O–H groups in total. The summed E-state index contributed by atoms with van der Waals surface area (Å²) in [5, 5.41) is 9.56. The molecule has 2 heterocycles. The number of rotatable bonds is 1. The number of nitrogens with two attached hydrogens (primary N) is 1. The molecule has 112 valence electrons. The lowest BCUT2D eigenvalue weighted by Crippen LogP contribution is -2.34. The Labute approximate surface area is 127 Å². The Morgan fingerprint density at radius 2 is 2.32 bits per heavy atom. The summed E-state index contributed by atoms with van der Waals surface area (Å²) in [6.07, 6.45) is 7.33. The van der Waals surface area contributed by atoms with Gasteiger partial charge in [0.05, 0.1) is 11.1 Å². The van der Waals surface area contributed by atoms with E-state index < -0.39 is 5.63 Å². The van der Waals surface area contributed by atoms with Gasteiger partial charge >= 0.3 is 5.63 Å². The first-order valence-corrected chi connectivity index (χ1v) is 7.46. The molecule has 1 aromatic rings. The van der Waals surface area contributed by atoms with Gasteiger partial charge in [-0.2, -0.15) is 5.26 Å². The smallest absolute Gasteiger partial charge is 0.343 e. The number of fused-ring (bicyclic) bond motifs is 3. The maximum Gasteiger partial charge on any atom is 0.343 e. The van der Waals surface area contributed by atoms with E-state index in [0.717, 1.165) is 19.3 Å². The zero-order valence-electron chi connectivity index (χ0n) is 12.3. The van der Waals surface area contributed by atoms with Crippen LogP contribution in [0.1, 0.15) is 36.5 Å². The number of nitriles is 1. The molecule has 2 aliphatic carbocycles. The van der Waals surface area contributed by atoms with Crippen LogP contribution >= 0.6 is 0 Å². The van der Waals surface area contributed by atoms with E-state index in [1.165, 1.54) is 0 Å². The van der Waals surface area contributed by atoms with Gasteiger partial charge in [-0.25, -0.2) is 4.79 Å². The number of nitrogens with zero attached hydrogens (tertiary/aromatic N) is 1. The number of aryl methyl sites for hydroxylation is 1. The van der Waals surface area contributed by atoms with Crippen LogP contribution in [0.4, 0.5) is 0 Å². The van der Waals surface area contributed by atoms with E-state index in [0.29, 0.717) is 28.6 Å². The Bertz CT molecular complexity index is 827. The van der Waals surface area contributed by atoms with E-state index >= 15 is 0 Å². The minimum Gasteiger partial charge on any atom is -0.440 e. The van der Waals surface area contributed by atoms with E-state index in [2.05, 4.69) is 18.2 Å². The van der Waals surface area contributed by atoms with Crippen molar-refractivity contribution in [3.8, 4) is 11.8 Å². The van der Waals surface area contributed by atoms with Gasteiger partial charge in [0.1, 0.15) is 17.6 Å². The van der Waals surface area contributed by atoms with Crippen molar-refractivity contribution in [1.82, 2.24) is 0 Å². The number of hydrogen-bond donors (Lipinski definition) is 1. The van der Waals surface area contributed by atoms with Crippen molar-refractivity contribution in [3.63, 3.8) is 0 Å². The van der Waals surface area contributed by atoms with Crippen molar-refractivity contribution >= 4 is 0 Å². The van der Waals surface area contributed by atoms with Crippen LogP contribution in [-0.4, -0.2) is 0 Å². The molecule has 0 unspecified atom stereocenters. The van der Waals surface area contributed by atoms with Gasteiger partial charge in [0.25, 0.3) is 0 Å². The fraction of sp³-hybridized carbons (Fsp3) is 0.412. The first-order chi connectivity index (χ1) is 10.5. The Hall–Kier alpha value is -2.48. The van der Waals surface area contributed by atoms with Crippen molar-refractivity contribution in [2.24, 2.45) is 17.1 Å². The van der Waals surface area contributed by atoms with Crippen molar-refractivity contribution in [3.05, 3.63) is 51.4 Å². The molecule has 1 aliphatic heterocycles. The second-order valence-corrected chi connectivity index (χ2v) is 6.44. The molecular weight excluding hydrogens is 280 g/mol. The molecule has 0 amide bonds. The van der Waals surface area contributed by atoms with E-state index in [-0.39, 0.29) is 17.2 Å². The molecule has 0 spiro atoms. The molecule has 3 aliphatic rings. The fourth-order valence-corrected chi connectivity index (χ4v) is 4.24. The summed E-state index contributed by atoms with van der Waals surface area (Å²) in [6, 6.07) is 3.83. The van der Waals surface area contributed by atoms with Gasteiger partial charge in [0.15, 0.2) is 0 Å². The second-order valence-electron chi connectivity index (χ2n) is 6.44. The van der Waals surface area contributed by atoms with Gasteiger partial charge in [-0.1, -0.05) is 12.2 Å². The molecule has 0 radical (unpaired) electrons. The van der Waals surface area contributed by atoms with Gasteiger partial charge in [0.2, 0.25) is 5.88 Å². The molecule has 1 aromatic heterocycles. The Morgan fingerprint density at radius 3 is 2.91 bits per heavy atom. The monoisotopic (exact) mass is 296 g/mol. The van der Waals surface area contributed by atoms with E-state index in [1.807, 2.05) is 0 Å². The average Bonchev–Trinajstić information content (AvgIpc) is 3.07. The highest BCUT2D eigenvalue weighted by atomic mass is 16.5. The Kier molecular flexibility index (Phi) is 2.56. The molecule has 22 heavy (non-hydrogen) atoms. The van der Waals surface area contributed by atoms with E-state index in [9.17, 15) is 10.1 Å². The molecule has 1 saturated carbocycles. The third kappa shape index (κ3) is 1.61. The summed E-state index contributed by atoms with van der Waals surface area (Å²) in [4.78, 5) is 12.4. The van der Waals surface area contributed by atoms with Crippen LogP contribution in [0, 0.1) is 29.6 Å². The summed E-state index contributed by atoms with van der Waals surface area (Å²) in [5.74, 6) is 1.16. The summed E-state index contributed by atoms with van der Waals surface area (Å²) in [6.45, 7) is 1.69. The van der Waals surface area contributed by atoms with Crippen LogP contribution in [0.2, 0.25) is 0 Å². The van der Waals surface area contributed by atoms with Crippen LogP contribution in [0.5, 0.6) is 5.75 Å². The van der Waals surface area contributed by atoms with Crippen LogP contribution in [-0.2, 0) is 0 Å². The molecule has 3 atom stereocenters. The van der Waals surface area contributed by atoms with Gasteiger partial charge in [-0.05, 0) is 32.1 Å². The highest BCUT2D eigenvalue weighted by Gasteiger charge is 2.52. The first kappa shape index (κ1) is 13.2. The van der Waals surface area contributed by atoms with Gasteiger partial charge in [-0.3, -0.25) is 0 Å². The Morgan fingerprint density at radius 1 is 1.50 bits per heavy atom. The molecule has 0 aromatic carbocycles. The molecular formula is C17H16N2O3. The minimum absolute atomic E-state index is 0.100. The van der Waals surface area contributed by atoms with Crippen LogP contribution < -0.4 is 16.1 Å². The molecule has 5 heteroatoms. The van der Waals surface area contributed by atoms with Gasteiger partial charge in [0, 0.05) is 17.4 Å². The fourth-order valence-electron chi connectivity index (χ4n) is 4.24. The predicted molar refractivity (Wildman–Crippen MR) is 78.8 cm³/mol. The van der Waals surface area contributed by atoms with Crippen molar-refractivity contribution in [1.29, 1.82) is 5.26 Å². The number of ether oxygens (including phenoxy) is 1. The predicted octanol–water partition coefficient (Wildman–Crippen LogP) is 2.47. The largest absolute Gasteiger partial charge is 0.440 e. The first-order valence-electron chi connectivity index (χ1n) is 7.46. The zero-order valence-corrected chi connectivity index (χ0v) is 12.3. The quantitative estimate of drug-likeness (QED) is 0.804. The second kappa shape index (κ2) is 4.26. The van der Waals surface area contributed by atoms with E-state index in [1.54, 1.807) is 13.0 Å². The topological polar surface area (TPSA) is 89.2 Å². The highest BCUT2D eigenvalue weighted by Crippen LogP contribution is 2.60. The highest BCUT2D eigenvalue weighted by molar-refractivity contribution is 5.52. The maximum absolute atomic E-state index is 12.4. The van der Waals surface area contributed by atoms with E-state index in [4.69, 9.17) is 14.9 Å². The summed E-state index contributed by atoms with van der Waals surface area (Å²) >= 11 is 0. The lowest BCUT2D eigenvalue weighted by molar-refractivity contribution is 0.292. The lowest BCUT2D eigenvalue weighted by Gasteiger charge is -2.36. The van der Waals surface area contributed by atoms with Crippen molar-refractivity contribution in [2.45, 2.75) is 32.1 Å². The Balaban J connectivity index is 1.98. The lowest BCUT2D eigenvalue weighted by atomic mass is 9.68.